The third-order valence-electron chi connectivity index (χ3n) is 4.12. The zero-order chi connectivity index (χ0) is 16.6. The standard InChI is InChI=1S/C18H21N3O2/c1-5-10-21-15-9-7-6-8-14(15)19-18(21)20-17(22)16-11(2)12(3)23-13(16)4/h6-9H,5,10H2,1-4H3,(H,19,20,22). The van der Waals surface area contributed by atoms with Crippen LogP contribution < -0.4 is 5.32 Å². The Kier molecular flexibility index (Phi) is 3.94. The van der Waals surface area contributed by atoms with E-state index >= 15 is 0 Å². The zero-order valence-corrected chi connectivity index (χ0v) is 13.9. The van der Waals surface area contributed by atoms with Crippen LogP contribution in [0.2, 0.25) is 0 Å². The van der Waals surface area contributed by atoms with Gasteiger partial charge in [-0.2, -0.15) is 0 Å². The Bertz CT molecular complexity index is 874. The molecule has 2 aromatic heterocycles. The third kappa shape index (κ3) is 2.63. The van der Waals surface area contributed by atoms with Crippen LogP contribution in [0.25, 0.3) is 11.0 Å². The first-order valence-electron chi connectivity index (χ1n) is 7.86. The molecule has 1 aromatic carbocycles. The van der Waals surface area contributed by atoms with E-state index in [9.17, 15) is 4.79 Å². The minimum Gasteiger partial charge on any atom is -0.466 e. The van der Waals surface area contributed by atoms with Gasteiger partial charge in [0.25, 0.3) is 5.91 Å². The largest absolute Gasteiger partial charge is 0.466 e. The van der Waals surface area contributed by atoms with Gasteiger partial charge >= 0.3 is 0 Å². The molecule has 0 atom stereocenters. The van der Waals surface area contributed by atoms with Crippen molar-refractivity contribution < 1.29 is 9.21 Å². The average Bonchev–Trinajstić information content (AvgIpc) is 2.97. The van der Waals surface area contributed by atoms with E-state index in [0.29, 0.717) is 17.3 Å². The van der Waals surface area contributed by atoms with Crippen molar-refractivity contribution >= 4 is 22.9 Å². The van der Waals surface area contributed by atoms with E-state index in [-0.39, 0.29) is 5.91 Å². The van der Waals surface area contributed by atoms with Gasteiger partial charge in [0.2, 0.25) is 5.95 Å². The first-order valence-corrected chi connectivity index (χ1v) is 7.86. The highest BCUT2D eigenvalue weighted by atomic mass is 16.3. The molecule has 1 amide bonds. The van der Waals surface area contributed by atoms with E-state index in [1.807, 2.05) is 49.6 Å². The summed E-state index contributed by atoms with van der Waals surface area (Å²) in [5.74, 6) is 1.81. The number of nitrogens with zero attached hydrogens (tertiary/aromatic N) is 2. The predicted octanol–water partition coefficient (Wildman–Crippen LogP) is 4.22. The van der Waals surface area contributed by atoms with Crippen molar-refractivity contribution in [1.29, 1.82) is 0 Å². The number of fused-ring (bicyclic) bond motifs is 1. The number of aromatic nitrogens is 2. The van der Waals surface area contributed by atoms with Crippen LogP contribution in [0.4, 0.5) is 5.95 Å². The van der Waals surface area contributed by atoms with Crippen LogP contribution in [0.3, 0.4) is 0 Å². The van der Waals surface area contributed by atoms with Crippen molar-refractivity contribution in [3.63, 3.8) is 0 Å². The number of carbonyl (C=O) groups excluding carboxylic acids is 1. The normalized spacial score (nSPS) is 11.1. The first kappa shape index (κ1) is 15.3. The van der Waals surface area contributed by atoms with Crippen LogP contribution >= 0.6 is 0 Å². The molecule has 5 nitrogen and oxygen atoms in total. The highest BCUT2D eigenvalue weighted by Gasteiger charge is 2.21. The number of rotatable bonds is 4. The summed E-state index contributed by atoms with van der Waals surface area (Å²) in [5, 5.41) is 2.95. The SMILES string of the molecule is CCCn1c(NC(=O)c2c(C)oc(C)c2C)nc2ccccc21. The Morgan fingerprint density at radius 1 is 1.22 bits per heavy atom. The Balaban J connectivity index is 2.00. The number of amides is 1. The zero-order valence-electron chi connectivity index (χ0n) is 13.9. The molecule has 0 aliphatic heterocycles. The lowest BCUT2D eigenvalue weighted by molar-refractivity contribution is 0.102. The number of aryl methyl sites for hydroxylation is 3. The first-order chi connectivity index (χ1) is 11.0. The summed E-state index contributed by atoms with van der Waals surface area (Å²) >= 11 is 0. The van der Waals surface area contributed by atoms with Crippen LogP contribution in [0, 0.1) is 20.8 Å². The minimum absolute atomic E-state index is 0.176. The highest BCUT2D eigenvalue weighted by molar-refractivity contribution is 6.06. The summed E-state index contributed by atoms with van der Waals surface area (Å²) in [6.07, 6.45) is 0.964. The molecule has 3 aromatic rings. The third-order valence-corrected chi connectivity index (χ3v) is 4.12. The molecule has 0 saturated carbocycles. The molecule has 0 aliphatic carbocycles. The molecule has 1 N–H and O–H groups in total. The van der Waals surface area contributed by atoms with E-state index in [0.717, 1.165) is 35.3 Å². The van der Waals surface area contributed by atoms with Crippen molar-refractivity contribution in [2.24, 2.45) is 0 Å². The van der Waals surface area contributed by atoms with E-state index in [1.54, 1.807) is 0 Å². The maximum absolute atomic E-state index is 12.7. The molecule has 0 bridgehead atoms. The van der Waals surface area contributed by atoms with Crippen LogP contribution in [-0.4, -0.2) is 15.5 Å². The average molecular weight is 311 g/mol. The van der Waals surface area contributed by atoms with Crippen LogP contribution in [0.1, 0.15) is 40.8 Å². The van der Waals surface area contributed by atoms with Gasteiger partial charge in [0.05, 0.1) is 16.6 Å². The molecule has 5 heteroatoms. The summed E-state index contributed by atoms with van der Waals surface area (Å²) in [6.45, 7) is 8.48. The second kappa shape index (κ2) is 5.91. The summed E-state index contributed by atoms with van der Waals surface area (Å²) < 4.78 is 7.60. The monoisotopic (exact) mass is 311 g/mol. The van der Waals surface area contributed by atoms with Crippen molar-refractivity contribution in [3.05, 3.63) is 46.9 Å². The number of furan rings is 1. The summed E-state index contributed by atoms with van der Waals surface area (Å²) in [7, 11) is 0. The topological polar surface area (TPSA) is 60.1 Å². The van der Waals surface area contributed by atoms with Gasteiger partial charge in [-0.3, -0.25) is 10.1 Å². The molecule has 23 heavy (non-hydrogen) atoms. The fourth-order valence-electron chi connectivity index (χ4n) is 2.91. The molecule has 0 fully saturated rings. The van der Waals surface area contributed by atoms with Crippen molar-refractivity contribution in [1.82, 2.24) is 9.55 Å². The summed E-state index contributed by atoms with van der Waals surface area (Å²) in [5.41, 5.74) is 3.38. The molecule has 0 radical (unpaired) electrons. The minimum atomic E-state index is -0.176. The number of para-hydroxylation sites is 2. The van der Waals surface area contributed by atoms with Crippen LogP contribution in [0.5, 0.6) is 0 Å². The molecule has 3 rings (SSSR count). The van der Waals surface area contributed by atoms with Crippen LogP contribution in [0.15, 0.2) is 28.7 Å². The lowest BCUT2D eigenvalue weighted by Gasteiger charge is -2.09. The predicted molar refractivity (Wildman–Crippen MR) is 90.9 cm³/mol. The number of nitrogens with one attached hydrogen (secondary N) is 1. The second-order valence-electron chi connectivity index (χ2n) is 5.74. The number of hydrogen-bond acceptors (Lipinski definition) is 3. The van der Waals surface area contributed by atoms with E-state index in [2.05, 4.69) is 17.2 Å². The van der Waals surface area contributed by atoms with Crippen molar-refractivity contribution in [2.45, 2.75) is 40.7 Å². The fraction of sp³-hybridized carbons (Fsp3) is 0.333. The van der Waals surface area contributed by atoms with Crippen molar-refractivity contribution in [2.75, 3.05) is 5.32 Å². The van der Waals surface area contributed by atoms with Gasteiger partial charge < -0.3 is 8.98 Å². The molecule has 2 heterocycles. The molecule has 0 aliphatic rings. The van der Waals surface area contributed by atoms with Gasteiger partial charge in [0.1, 0.15) is 11.5 Å². The smallest absolute Gasteiger partial charge is 0.261 e. The molecule has 120 valence electrons. The maximum atomic E-state index is 12.7. The summed E-state index contributed by atoms with van der Waals surface area (Å²) in [6, 6.07) is 7.91. The van der Waals surface area contributed by atoms with Gasteiger partial charge in [0, 0.05) is 12.1 Å². The quantitative estimate of drug-likeness (QED) is 0.785. The lowest BCUT2D eigenvalue weighted by Crippen LogP contribution is -2.17. The van der Waals surface area contributed by atoms with Gasteiger partial charge in [-0.1, -0.05) is 19.1 Å². The number of benzene rings is 1. The Labute approximate surface area is 135 Å². The fourth-order valence-corrected chi connectivity index (χ4v) is 2.91. The van der Waals surface area contributed by atoms with Gasteiger partial charge in [-0.15, -0.1) is 0 Å². The van der Waals surface area contributed by atoms with Crippen molar-refractivity contribution in [3.8, 4) is 0 Å². The van der Waals surface area contributed by atoms with Gasteiger partial charge in [0.15, 0.2) is 0 Å². The molecular formula is C18H21N3O2. The number of anilines is 1. The molecular weight excluding hydrogens is 290 g/mol. The molecule has 0 spiro atoms. The lowest BCUT2D eigenvalue weighted by atomic mass is 10.1. The summed E-state index contributed by atoms with van der Waals surface area (Å²) in [4.78, 5) is 17.2. The molecule has 0 unspecified atom stereocenters. The Morgan fingerprint density at radius 3 is 2.61 bits per heavy atom. The van der Waals surface area contributed by atoms with Gasteiger partial charge in [-0.25, -0.2) is 4.98 Å². The Hall–Kier alpha value is -2.56. The van der Waals surface area contributed by atoms with Crippen LogP contribution in [-0.2, 0) is 6.54 Å². The van der Waals surface area contributed by atoms with E-state index in [1.165, 1.54) is 0 Å². The Morgan fingerprint density at radius 2 is 1.96 bits per heavy atom. The van der Waals surface area contributed by atoms with E-state index < -0.39 is 0 Å². The molecule has 0 saturated heterocycles. The van der Waals surface area contributed by atoms with Gasteiger partial charge in [-0.05, 0) is 39.3 Å². The maximum Gasteiger partial charge on any atom is 0.261 e. The number of hydrogen-bond donors (Lipinski definition) is 1. The number of carbonyl (C=O) groups is 1. The van der Waals surface area contributed by atoms with E-state index in [4.69, 9.17) is 4.42 Å². The highest BCUT2D eigenvalue weighted by Crippen LogP contribution is 2.24. The second-order valence-corrected chi connectivity index (χ2v) is 5.74. The number of imidazole rings is 1.